The molecule has 1 aliphatic carbocycles. The molecule has 1 aromatic heterocycles. The number of hydrogen-bond donors (Lipinski definition) is 0. The summed E-state index contributed by atoms with van der Waals surface area (Å²) in [4.78, 5) is 15.3. The van der Waals surface area contributed by atoms with Crippen molar-refractivity contribution in [3.05, 3.63) is 65.0 Å². The quantitative estimate of drug-likeness (QED) is 0.733. The van der Waals surface area contributed by atoms with E-state index in [2.05, 4.69) is 17.1 Å². The number of aldehydes is 1. The van der Waals surface area contributed by atoms with E-state index in [4.69, 9.17) is 0 Å². The van der Waals surface area contributed by atoms with Crippen LogP contribution in [-0.4, -0.2) is 11.3 Å². The van der Waals surface area contributed by atoms with Crippen molar-refractivity contribution in [3.8, 4) is 0 Å². The number of aromatic nitrogens is 1. The molecule has 1 aromatic carbocycles. The van der Waals surface area contributed by atoms with Gasteiger partial charge in [0.25, 0.3) is 0 Å². The summed E-state index contributed by atoms with van der Waals surface area (Å²) in [5.41, 5.74) is 4.46. The Bertz CT molecular complexity index is 562. The van der Waals surface area contributed by atoms with E-state index < -0.39 is 0 Å². The van der Waals surface area contributed by atoms with Gasteiger partial charge < -0.3 is 0 Å². The zero-order valence-corrected chi connectivity index (χ0v) is 9.47. The summed E-state index contributed by atoms with van der Waals surface area (Å²) >= 11 is 0. The standard InChI is InChI=1S/C15H13NO/c17-10-11-3-1-4-13(9-11)14-7-6-12-5-2-8-16-15(12)14/h1-5,8-10,14H,6-7H2. The second kappa shape index (κ2) is 4.13. The first-order valence-electron chi connectivity index (χ1n) is 5.87. The maximum atomic E-state index is 10.8. The van der Waals surface area contributed by atoms with Crippen molar-refractivity contribution in [3.63, 3.8) is 0 Å². The van der Waals surface area contributed by atoms with Crippen LogP contribution < -0.4 is 0 Å². The minimum Gasteiger partial charge on any atom is -0.298 e. The molecular weight excluding hydrogens is 210 g/mol. The van der Waals surface area contributed by atoms with Crippen LogP contribution in [0.25, 0.3) is 0 Å². The molecule has 1 heterocycles. The van der Waals surface area contributed by atoms with E-state index in [0.29, 0.717) is 5.92 Å². The lowest BCUT2D eigenvalue weighted by Gasteiger charge is -2.11. The first-order chi connectivity index (χ1) is 8.38. The number of carbonyl (C=O) groups excluding carboxylic acids is 1. The Hall–Kier alpha value is -1.96. The molecule has 2 nitrogen and oxygen atoms in total. The predicted molar refractivity (Wildman–Crippen MR) is 66.2 cm³/mol. The molecule has 84 valence electrons. The van der Waals surface area contributed by atoms with Crippen molar-refractivity contribution in [2.45, 2.75) is 18.8 Å². The lowest BCUT2D eigenvalue weighted by atomic mass is 9.95. The van der Waals surface area contributed by atoms with Crippen LogP contribution in [0.5, 0.6) is 0 Å². The number of pyridine rings is 1. The summed E-state index contributed by atoms with van der Waals surface area (Å²) < 4.78 is 0. The topological polar surface area (TPSA) is 30.0 Å². The number of benzene rings is 1. The van der Waals surface area contributed by atoms with Gasteiger partial charge in [0.1, 0.15) is 6.29 Å². The van der Waals surface area contributed by atoms with Gasteiger partial charge in [0.15, 0.2) is 0 Å². The monoisotopic (exact) mass is 223 g/mol. The second-order valence-corrected chi connectivity index (χ2v) is 4.43. The zero-order valence-electron chi connectivity index (χ0n) is 9.47. The average Bonchev–Trinajstić information content (AvgIpc) is 2.82. The number of nitrogens with zero attached hydrogens (tertiary/aromatic N) is 1. The first kappa shape index (κ1) is 10.2. The molecule has 0 spiro atoms. The number of hydrogen-bond acceptors (Lipinski definition) is 2. The van der Waals surface area contributed by atoms with Crippen molar-refractivity contribution < 1.29 is 4.79 Å². The molecule has 0 aliphatic heterocycles. The van der Waals surface area contributed by atoms with Crippen molar-refractivity contribution in [1.82, 2.24) is 4.98 Å². The smallest absolute Gasteiger partial charge is 0.150 e. The molecule has 1 aliphatic rings. The van der Waals surface area contributed by atoms with E-state index in [1.165, 1.54) is 16.8 Å². The molecule has 0 saturated carbocycles. The van der Waals surface area contributed by atoms with Crippen LogP contribution in [0.3, 0.4) is 0 Å². The van der Waals surface area contributed by atoms with Crippen LogP contribution in [0.1, 0.15) is 39.5 Å². The highest BCUT2D eigenvalue weighted by atomic mass is 16.1. The van der Waals surface area contributed by atoms with E-state index >= 15 is 0 Å². The van der Waals surface area contributed by atoms with Gasteiger partial charge in [-0.1, -0.05) is 24.3 Å². The molecule has 0 radical (unpaired) electrons. The Labute approximate surface area is 100 Å². The maximum absolute atomic E-state index is 10.8. The summed E-state index contributed by atoms with van der Waals surface area (Å²) in [7, 11) is 0. The van der Waals surface area contributed by atoms with Crippen molar-refractivity contribution in [1.29, 1.82) is 0 Å². The Kier molecular flexibility index (Phi) is 2.48. The minimum atomic E-state index is 0.353. The molecule has 0 saturated heterocycles. The lowest BCUT2D eigenvalue weighted by Crippen LogP contribution is -1.99. The van der Waals surface area contributed by atoms with Gasteiger partial charge in [-0.2, -0.15) is 0 Å². The van der Waals surface area contributed by atoms with E-state index in [9.17, 15) is 4.79 Å². The third-order valence-electron chi connectivity index (χ3n) is 3.41. The van der Waals surface area contributed by atoms with E-state index in [0.717, 1.165) is 24.7 Å². The molecule has 0 amide bonds. The fourth-order valence-electron chi connectivity index (χ4n) is 2.59. The molecule has 17 heavy (non-hydrogen) atoms. The number of aryl methyl sites for hydroxylation is 1. The first-order valence-corrected chi connectivity index (χ1v) is 5.87. The molecule has 0 N–H and O–H groups in total. The van der Waals surface area contributed by atoms with Gasteiger partial charge in [-0.25, -0.2) is 0 Å². The highest BCUT2D eigenvalue weighted by Crippen LogP contribution is 2.36. The van der Waals surface area contributed by atoms with Crippen molar-refractivity contribution in [2.75, 3.05) is 0 Å². The van der Waals surface area contributed by atoms with Gasteiger partial charge in [0.05, 0.1) is 5.69 Å². The van der Waals surface area contributed by atoms with Crippen LogP contribution in [0.2, 0.25) is 0 Å². The molecule has 0 fully saturated rings. The molecule has 3 rings (SSSR count). The van der Waals surface area contributed by atoms with Gasteiger partial charge in [0.2, 0.25) is 0 Å². The molecule has 1 atom stereocenters. The third kappa shape index (κ3) is 1.76. The molecule has 0 bridgehead atoms. The Balaban J connectivity index is 2.03. The van der Waals surface area contributed by atoms with E-state index in [1.54, 1.807) is 0 Å². The second-order valence-electron chi connectivity index (χ2n) is 4.43. The largest absolute Gasteiger partial charge is 0.298 e. The normalized spacial score (nSPS) is 17.8. The van der Waals surface area contributed by atoms with E-state index in [-0.39, 0.29) is 0 Å². The lowest BCUT2D eigenvalue weighted by molar-refractivity contribution is 0.112. The fourth-order valence-corrected chi connectivity index (χ4v) is 2.59. The number of carbonyl (C=O) groups is 1. The number of rotatable bonds is 2. The Morgan fingerprint density at radius 3 is 3.06 bits per heavy atom. The Morgan fingerprint density at radius 2 is 2.18 bits per heavy atom. The zero-order chi connectivity index (χ0) is 11.7. The highest BCUT2D eigenvalue weighted by molar-refractivity contribution is 5.75. The third-order valence-corrected chi connectivity index (χ3v) is 3.41. The molecule has 2 aromatic rings. The summed E-state index contributed by atoms with van der Waals surface area (Å²) in [5, 5.41) is 0. The van der Waals surface area contributed by atoms with Crippen LogP contribution in [0.15, 0.2) is 42.6 Å². The SMILES string of the molecule is O=Cc1cccc(C2CCc3cccnc32)c1. The summed E-state index contributed by atoms with van der Waals surface area (Å²) in [6.45, 7) is 0. The van der Waals surface area contributed by atoms with Gasteiger partial charge >= 0.3 is 0 Å². The summed E-state index contributed by atoms with van der Waals surface area (Å²) in [6.07, 6.45) is 4.92. The van der Waals surface area contributed by atoms with Gasteiger partial charge in [-0.3, -0.25) is 9.78 Å². The summed E-state index contributed by atoms with van der Waals surface area (Å²) in [5.74, 6) is 0.353. The highest BCUT2D eigenvalue weighted by Gasteiger charge is 2.24. The van der Waals surface area contributed by atoms with Crippen molar-refractivity contribution in [2.24, 2.45) is 0 Å². The van der Waals surface area contributed by atoms with E-state index in [1.807, 2.05) is 30.5 Å². The minimum absolute atomic E-state index is 0.353. The average molecular weight is 223 g/mol. The maximum Gasteiger partial charge on any atom is 0.150 e. The van der Waals surface area contributed by atoms with Crippen LogP contribution in [0, 0.1) is 0 Å². The van der Waals surface area contributed by atoms with Gasteiger partial charge in [-0.15, -0.1) is 0 Å². The summed E-state index contributed by atoms with van der Waals surface area (Å²) in [6, 6.07) is 12.0. The predicted octanol–water partition coefficient (Wildman–Crippen LogP) is 2.97. The van der Waals surface area contributed by atoms with Crippen molar-refractivity contribution >= 4 is 6.29 Å². The molecule has 2 heteroatoms. The number of fused-ring (bicyclic) bond motifs is 1. The van der Waals surface area contributed by atoms with Gasteiger partial charge in [-0.05, 0) is 36.1 Å². The van der Waals surface area contributed by atoms with Crippen LogP contribution >= 0.6 is 0 Å². The fraction of sp³-hybridized carbons (Fsp3) is 0.200. The Morgan fingerprint density at radius 1 is 1.24 bits per heavy atom. The van der Waals surface area contributed by atoms with Crippen LogP contribution in [-0.2, 0) is 6.42 Å². The molecule has 1 unspecified atom stereocenters. The van der Waals surface area contributed by atoms with Gasteiger partial charge in [0, 0.05) is 17.7 Å². The van der Waals surface area contributed by atoms with Crippen LogP contribution in [0.4, 0.5) is 0 Å². The molecular formula is C15H13NO.